The SMILES string of the molecule is Cc1cccc2nc(NCCOC(C)C)nn12. The molecule has 0 aromatic carbocycles. The van der Waals surface area contributed by atoms with Crippen molar-refractivity contribution >= 4 is 11.6 Å². The second kappa shape index (κ2) is 5.14. The van der Waals surface area contributed by atoms with Gasteiger partial charge in [0, 0.05) is 12.2 Å². The highest BCUT2D eigenvalue weighted by Gasteiger charge is 2.03. The quantitative estimate of drug-likeness (QED) is 0.802. The standard InChI is InChI=1S/C12H18N4O/c1-9(2)17-8-7-13-12-14-11-6-4-5-10(3)16(11)15-12/h4-6,9H,7-8H2,1-3H3,(H,13,15). The number of anilines is 1. The number of fused-ring (bicyclic) bond motifs is 1. The molecule has 2 aromatic heterocycles. The molecule has 0 spiro atoms. The first-order valence-electron chi connectivity index (χ1n) is 5.84. The fourth-order valence-corrected chi connectivity index (χ4v) is 1.57. The van der Waals surface area contributed by atoms with Crippen LogP contribution < -0.4 is 5.32 Å². The predicted octanol–water partition coefficient (Wildman–Crippen LogP) is 1.87. The van der Waals surface area contributed by atoms with Crippen LogP contribution in [0.3, 0.4) is 0 Å². The van der Waals surface area contributed by atoms with Crippen LogP contribution in [0.25, 0.3) is 5.65 Å². The van der Waals surface area contributed by atoms with Gasteiger partial charge in [0.1, 0.15) is 0 Å². The van der Waals surface area contributed by atoms with Crippen LogP contribution in [0.4, 0.5) is 5.95 Å². The number of ether oxygens (including phenoxy) is 1. The van der Waals surface area contributed by atoms with Gasteiger partial charge in [-0.15, -0.1) is 5.10 Å². The predicted molar refractivity (Wildman–Crippen MR) is 67.3 cm³/mol. The Morgan fingerprint density at radius 1 is 1.41 bits per heavy atom. The van der Waals surface area contributed by atoms with Crippen molar-refractivity contribution in [2.45, 2.75) is 26.9 Å². The molecule has 0 aliphatic carbocycles. The maximum Gasteiger partial charge on any atom is 0.243 e. The average Bonchev–Trinajstić information content (AvgIpc) is 2.69. The van der Waals surface area contributed by atoms with Crippen LogP contribution in [-0.4, -0.2) is 33.9 Å². The van der Waals surface area contributed by atoms with Gasteiger partial charge in [-0.1, -0.05) is 6.07 Å². The number of nitrogens with zero attached hydrogens (tertiary/aromatic N) is 3. The van der Waals surface area contributed by atoms with E-state index in [4.69, 9.17) is 4.74 Å². The molecule has 0 saturated heterocycles. The summed E-state index contributed by atoms with van der Waals surface area (Å²) >= 11 is 0. The number of pyridine rings is 1. The summed E-state index contributed by atoms with van der Waals surface area (Å²) in [7, 11) is 0. The number of hydrogen-bond donors (Lipinski definition) is 1. The lowest BCUT2D eigenvalue weighted by Crippen LogP contribution is -2.13. The molecule has 2 aromatic rings. The minimum absolute atomic E-state index is 0.257. The maximum atomic E-state index is 5.44. The number of rotatable bonds is 5. The van der Waals surface area contributed by atoms with E-state index in [-0.39, 0.29) is 6.10 Å². The van der Waals surface area contributed by atoms with Gasteiger partial charge >= 0.3 is 0 Å². The molecule has 0 aliphatic rings. The Bertz CT molecular complexity index is 492. The highest BCUT2D eigenvalue weighted by Crippen LogP contribution is 2.07. The number of nitrogens with one attached hydrogen (secondary N) is 1. The van der Waals surface area contributed by atoms with Crippen molar-refractivity contribution in [1.29, 1.82) is 0 Å². The summed E-state index contributed by atoms with van der Waals surface area (Å²) in [5.41, 5.74) is 1.93. The van der Waals surface area contributed by atoms with Crippen molar-refractivity contribution in [3.8, 4) is 0 Å². The molecule has 0 radical (unpaired) electrons. The third kappa shape index (κ3) is 2.94. The van der Waals surface area contributed by atoms with Crippen LogP contribution in [-0.2, 0) is 4.74 Å². The molecular formula is C12H18N4O. The van der Waals surface area contributed by atoms with Crippen LogP contribution in [0.1, 0.15) is 19.5 Å². The summed E-state index contributed by atoms with van der Waals surface area (Å²) in [4.78, 5) is 4.38. The minimum atomic E-state index is 0.257. The largest absolute Gasteiger partial charge is 0.377 e. The molecule has 2 rings (SSSR count). The first-order valence-corrected chi connectivity index (χ1v) is 5.84. The summed E-state index contributed by atoms with van der Waals surface area (Å²) < 4.78 is 7.26. The van der Waals surface area contributed by atoms with Gasteiger partial charge in [-0.2, -0.15) is 4.98 Å². The Morgan fingerprint density at radius 3 is 2.94 bits per heavy atom. The van der Waals surface area contributed by atoms with Gasteiger partial charge in [-0.25, -0.2) is 4.52 Å². The van der Waals surface area contributed by atoms with E-state index in [0.717, 1.165) is 11.3 Å². The Hall–Kier alpha value is -1.62. The number of aryl methyl sites for hydroxylation is 1. The molecule has 5 nitrogen and oxygen atoms in total. The lowest BCUT2D eigenvalue weighted by atomic mass is 10.4. The zero-order valence-electron chi connectivity index (χ0n) is 10.5. The summed E-state index contributed by atoms with van der Waals surface area (Å²) in [5, 5.41) is 7.52. The smallest absolute Gasteiger partial charge is 0.243 e. The van der Waals surface area contributed by atoms with E-state index in [1.165, 1.54) is 0 Å². The van der Waals surface area contributed by atoms with E-state index in [1.807, 2.05) is 43.5 Å². The molecule has 5 heteroatoms. The first kappa shape index (κ1) is 11.9. The van der Waals surface area contributed by atoms with Gasteiger partial charge in [0.2, 0.25) is 5.95 Å². The molecular weight excluding hydrogens is 216 g/mol. The zero-order valence-corrected chi connectivity index (χ0v) is 10.5. The van der Waals surface area contributed by atoms with E-state index in [0.29, 0.717) is 19.1 Å². The summed E-state index contributed by atoms with van der Waals surface area (Å²) in [6.45, 7) is 7.42. The van der Waals surface area contributed by atoms with Crippen LogP contribution in [0.15, 0.2) is 18.2 Å². The Kier molecular flexibility index (Phi) is 3.58. The Morgan fingerprint density at radius 2 is 2.24 bits per heavy atom. The number of hydrogen-bond acceptors (Lipinski definition) is 4. The van der Waals surface area contributed by atoms with Crippen molar-refractivity contribution in [3.05, 3.63) is 23.9 Å². The third-order valence-electron chi connectivity index (χ3n) is 2.39. The van der Waals surface area contributed by atoms with E-state index < -0.39 is 0 Å². The molecule has 2 heterocycles. The van der Waals surface area contributed by atoms with Crippen molar-refractivity contribution in [3.63, 3.8) is 0 Å². The van der Waals surface area contributed by atoms with Gasteiger partial charge in [-0.3, -0.25) is 0 Å². The maximum absolute atomic E-state index is 5.44. The molecule has 0 atom stereocenters. The molecule has 0 bridgehead atoms. The minimum Gasteiger partial charge on any atom is -0.377 e. The van der Waals surface area contributed by atoms with Crippen molar-refractivity contribution in [1.82, 2.24) is 14.6 Å². The summed E-state index contributed by atoms with van der Waals surface area (Å²) in [6.07, 6.45) is 0.257. The van der Waals surface area contributed by atoms with Gasteiger partial charge in [0.25, 0.3) is 0 Å². The monoisotopic (exact) mass is 234 g/mol. The number of aromatic nitrogens is 3. The summed E-state index contributed by atoms with van der Waals surface area (Å²) in [5.74, 6) is 0.645. The molecule has 1 N–H and O–H groups in total. The second-order valence-electron chi connectivity index (χ2n) is 4.22. The van der Waals surface area contributed by atoms with Crippen LogP contribution >= 0.6 is 0 Å². The highest BCUT2D eigenvalue weighted by atomic mass is 16.5. The van der Waals surface area contributed by atoms with E-state index in [9.17, 15) is 0 Å². The molecule has 0 fully saturated rings. The van der Waals surface area contributed by atoms with Crippen LogP contribution in [0.2, 0.25) is 0 Å². The first-order chi connectivity index (χ1) is 8.16. The highest BCUT2D eigenvalue weighted by molar-refractivity contribution is 5.44. The molecule has 0 saturated carbocycles. The van der Waals surface area contributed by atoms with Crippen molar-refractivity contribution in [2.24, 2.45) is 0 Å². The fourth-order valence-electron chi connectivity index (χ4n) is 1.57. The van der Waals surface area contributed by atoms with E-state index >= 15 is 0 Å². The molecule has 17 heavy (non-hydrogen) atoms. The lowest BCUT2D eigenvalue weighted by molar-refractivity contribution is 0.0870. The van der Waals surface area contributed by atoms with Crippen LogP contribution in [0.5, 0.6) is 0 Å². The molecule has 0 amide bonds. The van der Waals surface area contributed by atoms with Crippen molar-refractivity contribution < 1.29 is 4.74 Å². The van der Waals surface area contributed by atoms with Gasteiger partial charge < -0.3 is 10.1 Å². The molecule has 0 aliphatic heterocycles. The third-order valence-corrected chi connectivity index (χ3v) is 2.39. The van der Waals surface area contributed by atoms with Gasteiger partial charge in [0.05, 0.1) is 12.7 Å². The van der Waals surface area contributed by atoms with Gasteiger partial charge in [0.15, 0.2) is 5.65 Å². The fraction of sp³-hybridized carbons (Fsp3) is 0.500. The normalized spacial score (nSPS) is 11.3. The summed E-state index contributed by atoms with van der Waals surface area (Å²) in [6, 6.07) is 5.92. The van der Waals surface area contributed by atoms with E-state index in [1.54, 1.807) is 0 Å². The Balaban J connectivity index is 1.98. The van der Waals surface area contributed by atoms with E-state index in [2.05, 4.69) is 15.4 Å². The van der Waals surface area contributed by atoms with Gasteiger partial charge in [-0.05, 0) is 32.9 Å². The zero-order chi connectivity index (χ0) is 12.3. The second-order valence-corrected chi connectivity index (χ2v) is 4.22. The Labute approximate surface area is 101 Å². The topological polar surface area (TPSA) is 51.5 Å². The van der Waals surface area contributed by atoms with Crippen molar-refractivity contribution in [2.75, 3.05) is 18.5 Å². The molecule has 92 valence electrons. The molecule has 0 unspecified atom stereocenters. The lowest BCUT2D eigenvalue weighted by Gasteiger charge is -2.06. The van der Waals surface area contributed by atoms with Crippen LogP contribution in [0, 0.1) is 6.92 Å². The average molecular weight is 234 g/mol.